The SMILES string of the molecule is CCCCCCCCCOC(=O)C[N+](C)(C)CCO[C@H]1C[C@@H]2CC[C@]1(C)C2(C)C. The second-order valence-electron chi connectivity index (χ2n) is 11.1. The minimum Gasteiger partial charge on any atom is -0.462 e. The van der Waals surface area contributed by atoms with E-state index in [2.05, 4.69) is 41.8 Å². The van der Waals surface area contributed by atoms with Crippen LogP contribution in [-0.2, 0) is 14.3 Å². The number of likely N-dealkylation sites (N-methyl/N-ethyl adjacent to an activating group) is 1. The van der Waals surface area contributed by atoms with Gasteiger partial charge in [-0.25, -0.2) is 4.79 Å². The van der Waals surface area contributed by atoms with Crippen LogP contribution in [-0.4, -0.2) is 57.0 Å². The van der Waals surface area contributed by atoms with Crippen molar-refractivity contribution >= 4 is 5.97 Å². The predicted octanol–water partition coefficient (Wildman–Crippen LogP) is 5.59. The molecule has 2 bridgehead atoms. The van der Waals surface area contributed by atoms with Gasteiger partial charge in [-0.3, -0.25) is 0 Å². The van der Waals surface area contributed by atoms with E-state index in [-0.39, 0.29) is 5.97 Å². The summed E-state index contributed by atoms with van der Waals surface area (Å²) in [6.45, 7) is 12.1. The molecule has 2 aliphatic carbocycles. The second-order valence-corrected chi connectivity index (χ2v) is 11.1. The molecule has 4 heteroatoms. The number of hydrogen-bond acceptors (Lipinski definition) is 3. The van der Waals surface area contributed by atoms with Gasteiger partial charge in [-0.2, -0.15) is 0 Å². The van der Waals surface area contributed by atoms with Crippen molar-refractivity contribution in [3.63, 3.8) is 0 Å². The first-order valence-corrected chi connectivity index (χ1v) is 12.2. The van der Waals surface area contributed by atoms with Crippen LogP contribution in [0.15, 0.2) is 0 Å². The highest BCUT2D eigenvalue weighted by atomic mass is 16.5. The molecule has 2 rings (SSSR count). The molecule has 0 heterocycles. The maximum atomic E-state index is 12.2. The van der Waals surface area contributed by atoms with Gasteiger partial charge in [0.15, 0.2) is 6.54 Å². The summed E-state index contributed by atoms with van der Waals surface area (Å²) in [5.74, 6) is 0.732. The molecule has 0 aromatic carbocycles. The maximum Gasteiger partial charge on any atom is 0.361 e. The lowest BCUT2D eigenvalue weighted by atomic mass is 9.70. The van der Waals surface area contributed by atoms with Gasteiger partial charge in [0.25, 0.3) is 0 Å². The van der Waals surface area contributed by atoms with Crippen molar-refractivity contribution in [2.24, 2.45) is 16.7 Å². The van der Waals surface area contributed by atoms with E-state index < -0.39 is 0 Å². The number of carbonyl (C=O) groups is 1. The fraction of sp³-hybridized carbons (Fsp3) is 0.960. The molecule has 4 nitrogen and oxygen atoms in total. The Morgan fingerprint density at radius 3 is 2.24 bits per heavy atom. The quantitative estimate of drug-likeness (QED) is 0.213. The zero-order valence-corrected chi connectivity index (χ0v) is 20.2. The van der Waals surface area contributed by atoms with Crippen molar-refractivity contribution in [2.45, 2.75) is 98.0 Å². The number of rotatable bonds is 14. The normalized spacial score (nSPS) is 28.1. The number of nitrogens with zero attached hydrogens (tertiary/aromatic N) is 1. The van der Waals surface area contributed by atoms with Gasteiger partial charge in [0.2, 0.25) is 0 Å². The van der Waals surface area contributed by atoms with Gasteiger partial charge in [0.05, 0.1) is 33.4 Å². The number of quaternary nitrogens is 1. The van der Waals surface area contributed by atoms with Crippen molar-refractivity contribution < 1.29 is 18.8 Å². The second kappa shape index (κ2) is 10.6. The van der Waals surface area contributed by atoms with E-state index in [1.165, 1.54) is 57.8 Å². The Labute approximate surface area is 180 Å². The van der Waals surface area contributed by atoms with Crippen molar-refractivity contribution in [3.8, 4) is 0 Å². The molecule has 0 amide bonds. The van der Waals surface area contributed by atoms with Crippen LogP contribution in [0.3, 0.4) is 0 Å². The van der Waals surface area contributed by atoms with Crippen LogP contribution >= 0.6 is 0 Å². The molecular weight excluding hydrogens is 362 g/mol. The van der Waals surface area contributed by atoms with Crippen LogP contribution in [0.4, 0.5) is 0 Å². The molecule has 0 saturated heterocycles. The summed E-state index contributed by atoms with van der Waals surface area (Å²) in [5.41, 5.74) is 0.701. The first-order valence-electron chi connectivity index (χ1n) is 12.2. The van der Waals surface area contributed by atoms with E-state index in [1.807, 2.05) is 0 Å². The summed E-state index contributed by atoms with van der Waals surface area (Å²) >= 11 is 0. The van der Waals surface area contributed by atoms with Gasteiger partial charge in [-0.1, -0.05) is 66.2 Å². The molecule has 0 aromatic heterocycles. The third-order valence-electron chi connectivity index (χ3n) is 8.30. The molecule has 0 aromatic rings. The Hall–Kier alpha value is -0.610. The van der Waals surface area contributed by atoms with Gasteiger partial charge >= 0.3 is 5.97 Å². The lowest BCUT2D eigenvalue weighted by molar-refractivity contribution is -0.883. The standard InChI is InChI=1S/C25H48NO3/c1-7-8-9-10-11-12-13-17-29-23(27)20-26(5,6)16-18-28-22-19-21-14-15-25(22,4)24(21,2)3/h21-22H,7-20H2,1-6H3/q+1/t21-,22-,25-/m0/s1. The summed E-state index contributed by atoms with van der Waals surface area (Å²) in [4.78, 5) is 12.2. The van der Waals surface area contributed by atoms with E-state index >= 15 is 0 Å². The number of hydrogen-bond donors (Lipinski definition) is 0. The van der Waals surface area contributed by atoms with Crippen LogP contribution in [0, 0.1) is 16.7 Å². The van der Waals surface area contributed by atoms with Gasteiger partial charge in [0, 0.05) is 0 Å². The molecule has 0 aliphatic heterocycles. The zero-order chi connectivity index (χ0) is 21.5. The van der Waals surface area contributed by atoms with E-state index in [0.29, 0.717) is 34.6 Å². The molecular formula is C25H48NO3+. The van der Waals surface area contributed by atoms with E-state index in [4.69, 9.17) is 9.47 Å². The van der Waals surface area contributed by atoms with Crippen LogP contribution in [0.2, 0.25) is 0 Å². The first-order chi connectivity index (χ1) is 13.6. The molecule has 0 unspecified atom stereocenters. The largest absolute Gasteiger partial charge is 0.462 e. The number of unbranched alkanes of at least 4 members (excludes halogenated alkanes) is 6. The first kappa shape index (κ1) is 24.7. The Bertz CT molecular complexity index is 516. The summed E-state index contributed by atoms with van der Waals surface area (Å²) < 4.78 is 12.5. The van der Waals surface area contributed by atoms with Crippen molar-refractivity contribution in [1.82, 2.24) is 0 Å². The lowest BCUT2D eigenvalue weighted by Crippen LogP contribution is -2.47. The highest BCUT2D eigenvalue weighted by Crippen LogP contribution is 2.66. The van der Waals surface area contributed by atoms with Crippen molar-refractivity contribution in [1.29, 1.82) is 0 Å². The summed E-state index contributed by atoms with van der Waals surface area (Å²) in [6.07, 6.45) is 12.9. The Kier molecular flexibility index (Phi) is 9.03. The predicted molar refractivity (Wildman–Crippen MR) is 120 cm³/mol. The summed E-state index contributed by atoms with van der Waals surface area (Å²) in [7, 11) is 4.20. The number of fused-ring (bicyclic) bond motifs is 2. The van der Waals surface area contributed by atoms with Gasteiger partial charge in [-0.05, 0) is 42.4 Å². The zero-order valence-electron chi connectivity index (χ0n) is 20.2. The molecule has 2 aliphatic rings. The fourth-order valence-electron chi connectivity index (χ4n) is 5.54. The Morgan fingerprint density at radius 1 is 1.00 bits per heavy atom. The maximum absolute atomic E-state index is 12.2. The molecule has 170 valence electrons. The molecule has 2 saturated carbocycles. The van der Waals surface area contributed by atoms with E-state index in [9.17, 15) is 4.79 Å². The topological polar surface area (TPSA) is 35.5 Å². The van der Waals surface area contributed by atoms with Crippen LogP contribution < -0.4 is 0 Å². The van der Waals surface area contributed by atoms with E-state index in [1.54, 1.807) is 0 Å². The average molecular weight is 411 g/mol. The molecule has 0 radical (unpaired) electrons. The summed E-state index contributed by atoms with van der Waals surface area (Å²) in [6, 6.07) is 0. The molecule has 0 N–H and O–H groups in total. The van der Waals surface area contributed by atoms with Gasteiger partial charge in [-0.15, -0.1) is 0 Å². The number of carbonyl (C=O) groups excluding carboxylic acids is 1. The molecule has 2 fully saturated rings. The van der Waals surface area contributed by atoms with E-state index in [0.717, 1.165) is 25.5 Å². The average Bonchev–Trinajstić information content (AvgIpc) is 2.97. The molecule has 3 atom stereocenters. The Balaban J connectivity index is 1.58. The number of esters is 1. The van der Waals surface area contributed by atoms with Crippen molar-refractivity contribution in [3.05, 3.63) is 0 Å². The monoisotopic (exact) mass is 410 g/mol. The van der Waals surface area contributed by atoms with Crippen LogP contribution in [0.1, 0.15) is 91.9 Å². The third-order valence-corrected chi connectivity index (χ3v) is 8.30. The van der Waals surface area contributed by atoms with Gasteiger partial charge < -0.3 is 14.0 Å². The van der Waals surface area contributed by atoms with Crippen LogP contribution in [0.5, 0.6) is 0 Å². The molecule has 29 heavy (non-hydrogen) atoms. The molecule has 0 spiro atoms. The fourth-order valence-corrected chi connectivity index (χ4v) is 5.54. The minimum absolute atomic E-state index is 0.0750. The smallest absolute Gasteiger partial charge is 0.361 e. The Morgan fingerprint density at radius 2 is 1.66 bits per heavy atom. The number of ether oxygens (including phenoxy) is 2. The van der Waals surface area contributed by atoms with Gasteiger partial charge in [0.1, 0.15) is 6.54 Å². The lowest BCUT2D eigenvalue weighted by Gasteiger charge is -2.39. The highest BCUT2D eigenvalue weighted by molar-refractivity contribution is 5.70. The van der Waals surface area contributed by atoms with Crippen LogP contribution in [0.25, 0.3) is 0 Å². The highest BCUT2D eigenvalue weighted by Gasteiger charge is 2.61. The van der Waals surface area contributed by atoms with Crippen molar-refractivity contribution in [2.75, 3.05) is 40.4 Å². The summed E-state index contributed by atoms with van der Waals surface area (Å²) in [5, 5.41) is 0. The third kappa shape index (κ3) is 6.43. The minimum atomic E-state index is -0.0750.